The summed E-state index contributed by atoms with van der Waals surface area (Å²) in [5.74, 6) is -0.497. The lowest BCUT2D eigenvalue weighted by Crippen LogP contribution is -3.14. The fourth-order valence-electron chi connectivity index (χ4n) is 2.26. The summed E-state index contributed by atoms with van der Waals surface area (Å²) in [6, 6.07) is 0. The lowest BCUT2D eigenvalue weighted by molar-refractivity contribution is -0.907. The number of esters is 2. The van der Waals surface area contributed by atoms with E-state index >= 15 is 0 Å². The number of likely N-dealkylation sites (tertiary alicyclic amines) is 1. The van der Waals surface area contributed by atoms with Gasteiger partial charge in [0.05, 0.1) is 13.1 Å². The summed E-state index contributed by atoms with van der Waals surface area (Å²) >= 11 is 4.05. The number of quaternary nitrogens is 1. The van der Waals surface area contributed by atoms with Crippen LogP contribution in [-0.2, 0) is 19.1 Å². The Morgan fingerprint density at radius 3 is 2.14 bits per heavy atom. The molecule has 0 amide bonds. The lowest BCUT2D eigenvalue weighted by Gasteiger charge is -2.27. The smallest absolute Gasteiger partial charge is 0.319 e. The van der Waals surface area contributed by atoms with Crippen LogP contribution in [0.15, 0.2) is 0 Å². The Hall–Kier alpha value is 0.360. The Balaban J connectivity index is 2.51. The molecule has 0 spiro atoms. The number of rotatable bonds is 7. The Kier molecular flexibility index (Phi) is 9.42. The molecule has 3 atom stereocenters. The van der Waals surface area contributed by atoms with E-state index in [1.54, 1.807) is 13.8 Å². The lowest BCUT2D eigenvalue weighted by atomic mass is 10.1. The zero-order valence-corrected chi connectivity index (χ0v) is 16.9. The van der Waals surface area contributed by atoms with Gasteiger partial charge in [-0.15, -0.1) is 0 Å². The maximum absolute atomic E-state index is 11.8. The molecule has 0 aromatic carbocycles. The highest BCUT2D eigenvalue weighted by molar-refractivity contribution is 14.1. The number of nitrogens with one attached hydrogen (secondary N) is 1. The van der Waals surface area contributed by atoms with Crippen molar-refractivity contribution in [1.82, 2.24) is 0 Å². The zero-order valence-electron chi connectivity index (χ0n) is 12.6. The van der Waals surface area contributed by atoms with E-state index in [1.165, 1.54) is 24.2 Å². The van der Waals surface area contributed by atoms with Gasteiger partial charge in [-0.1, -0.05) is 45.2 Å². The van der Waals surface area contributed by atoms with Crippen LogP contribution in [0.1, 0.15) is 33.1 Å². The van der Waals surface area contributed by atoms with Gasteiger partial charge in [-0.2, -0.15) is 0 Å². The van der Waals surface area contributed by atoms with Gasteiger partial charge >= 0.3 is 11.9 Å². The monoisotopic (exact) mass is 524 g/mol. The molecule has 1 fully saturated rings. The average molecular weight is 524 g/mol. The minimum Gasteiger partial charge on any atom is -0.461 e. The summed E-state index contributed by atoms with van der Waals surface area (Å²) in [7, 11) is 0. The van der Waals surface area contributed by atoms with Crippen LogP contribution in [0.5, 0.6) is 0 Å². The van der Waals surface area contributed by atoms with Gasteiger partial charge in [-0.3, -0.25) is 9.59 Å². The van der Waals surface area contributed by atoms with Gasteiger partial charge in [0.25, 0.3) is 0 Å². The second-order valence-electron chi connectivity index (χ2n) is 5.44. The molecule has 122 valence electrons. The minimum absolute atomic E-state index is 0.158. The maximum Gasteiger partial charge on any atom is 0.319 e. The summed E-state index contributed by atoms with van der Waals surface area (Å²) in [5, 5.41) is 0. The number of carbonyl (C=O) groups excluding carboxylic acids is 2. The molecule has 0 saturated carbocycles. The molecule has 21 heavy (non-hydrogen) atoms. The van der Waals surface area contributed by atoms with Crippen LogP contribution in [0.2, 0.25) is 0 Å². The van der Waals surface area contributed by atoms with Crippen LogP contribution in [0.3, 0.4) is 0 Å². The minimum atomic E-state index is -0.345. The van der Waals surface area contributed by atoms with Gasteiger partial charge in [0.15, 0.2) is 6.10 Å². The number of halogens is 2. The molecule has 3 unspecified atom stereocenters. The Morgan fingerprint density at radius 1 is 1.05 bits per heavy atom. The predicted octanol–water partition coefficient (Wildman–Crippen LogP) is 1.16. The first-order valence-corrected chi connectivity index (χ1v) is 9.88. The molecule has 0 aromatic heterocycles. The van der Waals surface area contributed by atoms with Crippen molar-refractivity contribution >= 4 is 57.1 Å². The van der Waals surface area contributed by atoms with E-state index in [2.05, 4.69) is 0 Å². The average Bonchev–Trinajstić information content (AvgIpc) is 2.45. The predicted molar refractivity (Wildman–Crippen MR) is 97.2 cm³/mol. The van der Waals surface area contributed by atoms with E-state index < -0.39 is 0 Å². The van der Waals surface area contributed by atoms with Crippen molar-refractivity contribution in [2.45, 2.75) is 47.1 Å². The fraction of sp³-hybridized carbons (Fsp3) is 0.857. The zero-order chi connectivity index (χ0) is 15.8. The van der Waals surface area contributed by atoms with Crippen molar-refractivity contribution in [1.29, 1.82) is 0 Å². The first-order chi connectivity index (χ1) is 9.90. The first kappa shape index (κ1) is 19.4. The SMILES string of the molecule is CC(I)C(=O)OCC(C[NH+]1CCCCC1)OC(=O)C(C)I. The molecule has 0 aromatic rings. The van der Waals surface area contributed by atoms with Crippen LogP contribution in [-0.4, -0.2) is 52.1 Å². The van der Waals surface area contributed by atoms with Gasteiger partial charge in [-0.05, 0) is 33.1 Å². The fourth-order valence-corrected chi connectivity index (χ4v) is 2.59. The third-order valence-electron chi connectivity index (χ3n) is 3.42. The second-order valence-corrected chi connectivity index (χ2v) is 9.17. The highest BCUT2D eigenvalue weighted by Gasteiger charge is 2.26. The summed E-state index contributed by atoms with van der Waals surface area (Å²) in [6.07, 6.45) is 3.36. The van der Waals surface area contributed by atoms with Crippen molar-refractivity contribution in [3.8, 4) is 0 Å². The molecule has 1 aliphatic rings. The van der Waals surface area contributed by atoms with E-state index in [0.29, 0.717) is 0 Å². The number of piperidine rings is 1. The summed E-state index contributed by atoms with van der Waals surface area (Å²) in [5.41, 5.74) is 0. The molecule has 1 saturated heterocycles. The van der Waals surface area contributed by atoms with Crippen LogP contribution >= 0.6 is 45.2 Å². The molecule has 1 heterocycles. The highest BCUT2D eigenvalue weighted by atomic mass is 127. The normalized spacial score (nSPS) is 20.4. The standard InChI is InChI=1S/C14H23I2NO4/c1-10(15)13(18)20-9-12(21-14(19)11(2)16)8-17-6-4-3-5-7-17/h10-12H,3-9H2,1-2H3/p+1. The number of hydrogen-bond acceptors (Lipinski definition) is 4. The molecular formula is C14H24I2NO4+. The number of hydrogen-bond donors (Lipinski definition) is 1. The van der Waals surface area contributed by atoms with Crippen molar-refractivity contribution < 1.29 is 24.0 Å². The van der Waals surface area contributed by atoms with Crippen LogP contribution < -0.4 is 4.90 Å². The summed E-state index contributed by atoms with van der Waals surface area (Å²) in [4.78, 5) is 24.8. The van der Waals surface area contributed by atoms with E-state index in [1.807, 2.05) is 45.2 Å². The van der Waals surface area contributed by atoms with Gasteiger partial charge in [-0.25, -0.2) is 0 Å². The van der Waals surface area contributed by atoms with E-state index in [9.17, 15) is 9.59 Å². The van der Waals surface area contributed by atoms with Crippen LogP contribution in [0.4, 0.5) is 0 Å². The van der Waals surface area contributed by atoms with Crippen LogP contribution in [0, 0.1) is 0 Å². The molecule has 7 heteroatoms. The quantitative estimate of drug-likeness (QED) is 0.309. The van der Waals surface area contributed by atoms with Crippen molar-refractivity contribution in [2.24, 2.45) is 0 Å². The van der Waals surface area contributed by atoms with Crippen molar-refractivity contribution in [2.75, 3.05) is 26.2 Å². The summed E-state index contributed by atoms with van der Waals surface area (Å²) < 4.78 is 10.4. The van der Waals surface area contributed by atoms with Gasteiger partial charge < -0.3 is 14.4 Å². The van der Waals surface area contributed by atoms with E-state index in [-0.39, 0.29) is 32.5 Å². The van der Waals surface area contributed by atoms with Crippen molar-refractivity contribution in [3.05, 3.63) is 0 Å². The largest absolute Gasteiger partial charge is 0.461 e. The number of alkyl halides is 2. The Labute approximate surface area is 153 Å². The van der Waals surface area contributed by atoms with Crippen molar-refractivity contribution in [3.63, 3.8) is 0 Å². The molecule has 1 N–H and O–H groups in total. The first-order valence-electron chi connectivity index (χ1n) is 7.39. The number of ether oxygens (including phenoxy) is 2. The molecule has 0 aliphatic carbocycles. The molecule has 5 nitrogen and oxygen atoms in total. The molecule has 0 bridgehead atoms. The molecule has 0 radical (unpaired) electrons. The van der Waals surface area contributed by atoms with Gasteiger partial charge in [0.2, 0.25) is 0 Å². The number of carbonyl (C=O) groups is 2. The summed E-state index contributed by atoms with van der Waals surface area (Å²) in [6.45, 7) is 6.66. The highest BCUT2D eigenvalue weighted by Crippen LogP contribution is 2.06. The second kappa shape index (κ2) is 10.2. The third-order valence-corrected chi connectivity index (χ3v) is 4.44. The van der Waals surface area contributed by atoms with Gasteiger partial charge in [0, 0.05) is 0 Å². The van der Waals surface area contributed by atoms with Crippen LogP contribution in [0.25, 0.3) is 0 Å². The topological polar surface area (TPSA) is 57.0 Å². The van der Waals surface area contributed by atoms with Gasteiger partial charge in [0.1, 0.15) is 21.0 Å². The van der Waals surface area contributed by atoms with E-state index in [0.717, 1.165) is 19.6 Å². The molecule has 1 rings (SSSR count). The third kappa shape index (κ3) is 7.96. The van der Waals surface area contributed by atoms with E-state index in [4.69, 9.17) is 9.47 Å². The molecular weight excluding hydrogens is 500 g/mol. The maximum atomic E-state index is 11.8. The molecule has 1 aliphatic heterocycles. The Morgan fingerprint density at radius 2 is 1.62 bits per heavy atom. The Bertz CT molecular complexity index is 344.